The van der Waals surface area contributed by atoms with Gasteiger partial charge in [-0.15, -0.1) is 0 Å². The van der Waals surface area contributed by atoms with Crippen molar-refractivity contribution in [2.75, 3.05) is 19.7 Å². The summed E-state index contributed by atoms with van der Waals surface area (Å²) in [5, 5.41) is 8.87. The molecule has 7 heteroatoms. The molecule has 1 aromatic rings. The van der Waals surface area contributed by atoms with Crippen LogP contribution in [0.5, 0.6) is 5.75 Å². The fourth-order valence-corrected chi connectivity index (χ4v) is 2.19. The fourth-order valence-electron chi connectivity index (χ4n) is 2.19. The van der Waals surface area contributed by atoms with Crippen LogP contribution in [-0.2, 0) is 9.59 Å². The lowest BCUT2D eigenvalue weighted by Gasteiger charge is -2.30. The highest BCUT2D eigenvalue weighted by atomic mass is 19.1. The number of benzene rings is 1. The van der Waals surface area contributed by atoms with Gasteiger partial charge >= 0.3 is 5.97 Å². The van der Waals surface area contributed by atoms with Crippen molar-refractivity contribution in [3.8, 4) is 5.75 Å². The van der Waals surface area contributed by atoms with Crippen molar-refractivity contribution in [3.05, 3.63) is 29.8 Å². The van der Waals surface area contributed by atoms with Crippen molar-refractivity contribution in [2.45, 2.75) is 12.8 Å². The number of carbonyl (C=O) groups is 2. The summed E-state index contributed by atoms with van der Waals surface area (Å²) >= 11 is 0. The molecule has 1 N–H and O–H groups in total. The summed E-state index contributed by atoms with van der Waals surface area (Å²) in [4.78, 5) is 24.2. The summed E-state index contributed by atoms with van der Waals surface area (Å²) in [5.74, 6) is -3.38. The van der Waals surface area contributed by atoms with Gasteiger partial charge in [0.25, 0.3) is 5.91 Å². The largest absolute Gasteiger partial charge is 0.481 e. The number of ether oxygens (including phenoxy) is 1. The maximum atomic E-state index is 13.3. The molecule has 1 aliphatic heterocycles. The Balaban J connectivity index is 1.85. The standard InChI is InChI=1S/C14H15F2NO4/c15-10-1-2-11(16)12(7-10)21-8-13(18)17-5-3-9(4-6-17)14(19)20/h1-2,7,9H,3-6,8H2,(H,19,20). The van der Waals surface area contributed by atoms with Crippen LogP contribution in [0.15, 0.2) is 18.2 Å². The van der Waals surface area contributed by atoms with E-state index in [0.717, 1.165) is 18.2 Å². The van der Waals surface area contributed by atoms with Crippen LogP contribution >= 0.6 is 0 Å². The van der Waals surface area contributed by atoms with Crippen molar-refractivity contribution < 1.29 is 28.2 Å². The van der Waals surface area contributed by atoms with Crippen LogP contribution in [0.25, 0.3) is 0 Å². The molecule has 21 heavy (non-hydrogen) atoms. The Morgan fingerprint density at radius 2 is 1.95 bits per heavy atom. The van der Waals surface area contributed by atoms with Gasteiger partial charge in [-0.25, -0.2) is 8.78 Å². The molecule has 0 spiro atoms. The summed E-state index contributed by atoms with van der Waals surface area (Å²) < 4.78 is 31.3. The molecule has 1 amide bonds. The zero-order valence-corrected chi connectivity index (χ0v) is 11.2. The minimum absolute atomic E-state index is 0.316. The molecule has 1 aromatic carbocycles. The van der Waals surface area contributed by atoms with Crippen LogP contribution < -0.4 is 4.74 Å². The van der Waals surface area contributed by atoms with Gasteiger partial charge in [0.2, 0.25) is 0 Å². The predicted octanol–water partition coefficient (Wildman–Crippen LogP) is 1.67. The monoisotopic (exact) mass is 299 g/mol. The average Bonchev–Trinajstić information content (AvgIpc) is 2.48. The number of rotatable bonds is 4. The SMILES string of the molecule is O=C(O)C1CCN(C(=O)COc2cc(F)ccc2F)CC1. The second-order valence-corrected chi connectivity index (χ2v) is 4.86. The lowest BCUT2D eigenvalue weighted by Crippen LogP contribution is -2.42. The maximum Gasteiger partial charge on any atom is 0.306 e. The fraction of sp³-hybridized carbons (Fsp3) is 0.429. The summed E-state index contributed by atoms with van der Waals surface area (Å²) in [5.41, 5.74) is 0. The number of carboxylic acids is 1. The van der Waals surface area contributed by atoms with E-state index < -0.39 is 30.1 Å². The third-order valence-corrected chi connectivity index (χ3v) is 3.44. The van der Waals surface area contributed by atoms with E-state index in [-0.39, 0.29) is 11.7 Å². The van der Waals surface area contributed by atoms with Crippen molar-refractivity contribution in [1.29, 1.82) is 0 Å². The number of likely N-dealkylation sites (tertiary alicyclic amines) is 1. The lowest BCUT2D eigenvalue weighted by molar-refractivity contribution is -0.146. The van der Waals surface area contributed by atoms with E-state index in [9.17, 15) is 18.4 Å². The molecule has 0 aromatic heterocycles. The summed E-state index contributed by atoms with van der Waals surface area (Å²) in [6.45, 7) is 0.244. The summed E-state index contributed by atoms with van der Waals surface area (Å²) in [6.07, 6.45) is 0.769. The molecule has 0 bridgehead atoms. The number of carbonyl (C=O) groups excluding carboxylic acids is 1. The Morgan fingerprint density at radius 3 is 2.57 bits per heavy atom. The predicted molar refractivity (Wildman–Crippen MR) is 68.8 cm³/mol. The van der Waals surface area contributed by atoms with E-state index in [0.29, 0.717) is 25.9 Å². The second-order valence-electron chi connectivity index (χ2n) is 4.86. The molecule has 0 saturated carbocycles. The third kappa shape index (κ3) is 3.90. The van der Waals surface area contributed by atoms with E-state index in [4.69, 9.17) is 9.84 Å². The van der Waals surface area contributed by atoms with E-state index >= 15 is 0 Å². The first-order valence-electron chi connectivity index (χ1n) is 6.56. The van der Waals surface area contributed by atoms with E-state index in [2.05, 4.69) is 0 Å². The number of hydrogen-bond acceptors (Lipinski definition) is 3. The number of carboxylic acid groups (broad SMARTS) is 1. The minimum Gasteiger partial charge on any atom is -0.481 e. The van der Waals surface area contributed by atoms with Crippen molar-refractivity contribution in [3.63, 3.8) is 0 Å². The van der Waals surface area contributed by atoms with Crippen LogP contribution in [0.2, 0.25) is 0 Å². The van der Waals surface area contributed by atoms with Crippen LogP contribution in [0, 0.1) is 17.6 Å². The molecule has 1 saturated heterocycles. The Hall–Kier alpha value is -2.18. The first-order valence-corrected chi connectivity index (χ1v) is 6.56. The second kappa shape index (κ2) is 6.51. The average molecular weight is 299 g/mol. The molecule has 1 heterocycles. The Morgan fingerprint density at radius 1 is 1.29 bits per heavy atom. The van der Waals surface area contributed by atoms with Crippen molar-refractivity contribution >= 4 is 11.9 Å². The minimum atomic E-state index is -0.861. The summed E-state index contributed by atoms with van der Waals surface area (Å²) in [7, 11) is 0. The maximum absolute atomic E-state index is 13.3. The summed E-state index contributed by atoms with van der Waals surface area (Å²) in [6, 6.07) is 2.76. The first kappa shape index (κ1) is 15.2. The topological polar surface area (TPSA) is 66.8 Å². The molecule has 1 aliphatic rings. The number of piperidine rings is 1. The van der Waals surface area contributed by atoms with E-state index in [1.165, 1.54) is 4.90 Å². The molecule has 5 nitrogen and oxygen atoms in total. The van der Waals surface area contributed by atoms with Gasteiger partial charge in [0.15, 0.2) is 18.2 Å². The number of aliphatic carboxylic acids is 1. The van der Waals surface area contributed by atoms with Gasteiger partial charge in [-0.3, -0.25) is 9.59 Å². The molecular weight excluding hydrogens is 284 g/mol. The first-order chi connectivity index (χ1) is 9.97. The van der Waals surface area contributed by atoms with E-state index in [1.54, 1.807) is 0 Å². The number of nitrogens with zero attached hydrogens (tertiary/aromatic N) is 1. The molecule has 0 atom stereocenters. The van der Waals surface area contributed by atoms with Gasteiger partial charge in [-0.1, -0.05) is 0 Å². The highest BCUT2D eigenvalue weighted by molar-refractivity contribution is 5.78. The smallest absolute Gasteiger partial charge is 0.306 e. The van der Waals surface area contributed by atoms with Crippen LogP contribution in [0.3, 0.4) is 0 Å². The molecule has 0 radical (unpaired) electrons. The zero-order valence-electron chi connectivity index (χ0n) is 11.2. The normalized spacial score (nSPS) is 15.8. The van der Waals surface area contributed by atoms with Gasteiger partial charge in [0, 0.05) is 19.2 Å². The number of hydrogen-bond donors (Lipinski definition) is 1. The Bertz CT molecular complexity index is 542. The lowest BCUT2D eigenvalue weighted by atomic mass is 9.97. The van der Waals surface area contributed by atoms with Gasteiger partial charge in [0.05, 0.1) is 5.92 Å². The van der Waals surface area contributed by atoms with Gasteiger partial charge < -0.3 is 14.7 Å². The van der Waals surface area contributed by atoms with Crippen molar-refractivity contribution in [2.24, 2.45) is 5.92 Å². The van der Waals surface area contributed by atoms with Gasteiger partial charge in [-0.05, 0) is 25.0 Å². The highest BCUT2D eigenvalue weighted by Gasteiger charge is 2.27. The van der Waals surface area contributed by atoms with Crippen LogP contribution in [-0.4, -0.2) is 41.6 Å². The van der Waals surface area contributed by atoms with E-state index in [1.807, 2.05) is 0 Å². The van der Waals surface area contributed by atoms with Crippen LogP contribution in [0.1, 0.15) is 12.8 Å². The molecule has 2 rings (SSSR count). The van der Waals surface area contributed by atoms with Crippen LogP contribution in [0.4, 0.5) is 8.78 Å². The molecule has 0 aliphatic carbocycles. The Kier molecular flexibility index (Phi) is 4.72. The molecule has 0 unspecified atom stereocenters. The van der Waals surface area contributed by atoms with Gasteiger partial charge in [-0.2, -0.15) is 0 Å². The van der Waals surface area contributed by atoms with Crippen molar-refractivity contribution in [1.82, 2.24) is 4.90 Å². The molecular formula is C14H15F2NO4. The quantitative estimate of drug-likeness (QED) is 0.918. The third-order valence-electron chi connectivity index (χ3n) is 3.44. The number of halogens is 2. The molecule has 114 valence electrons. The zero-order chi connectivity index (χ0) is 15.4. The highest BCUT2D eigenvalue weighted by Crippen LogP contribution is 2.20. The molecule has 1 fully saturated rings. The van der Waals surface area contributed by atoms with Gasteiger partial charge in [0.1, 0.15) is 5.82 Å². The number of amides is 1. The Labute approximate surface area is 120 Å².